The largest absolute Gasteiger partial charge is 0.573 e. The fourth-order valence-corrected chi connectivity index (χ4v) is 3.67. The number of ether oxygens (including phenoxy) is 1. The van der Waals surface area contributed by atoms with Gasteiger partial charge < -0.3 is 4.74 Å². The van der Waals surface area contributed by atoms with Gasteiger partial charge in [0.15, 0.2) is 5.75 Å². The van der Waals surface area contributed by atoms with Gasteiger partial charge in [0.1, 0.15) is 4.90 Å². The minimum absolute atomic E-state index is 0.226. The molecule has 0 radical (unpaired) electrons. The van der Waals surface area contributed by atoms with Crippen LogP contribution in [0.1, 0.15) is 5.56 Å². The molecule has 136 valence electrons. The first-order chi connectivity index (χ1) is 11.5. The summed E-state index contributed by atoms with van der Waals surface area (Å²) in [7, 11) is -4.31. The molecule has 11 heteroatoms. The van der Waals surface area contributed by atoms with Crippen molar-refractivity contribution in [3.8, 4) is 5.75 Å². The molecule has 2 rings (SSSR count). The molecule has 0 atom stereocenters. The summed E-state index contributed by atoms with van der Waals surface area (Å²) in [4.78, 5) is -0.661. The highest BCUT2D eigenvalue weighted by Crippen LogP contribution is 2.32. The van der Waals surface area contributed by atoms with Crippen molar-refractivity contribution >= 4 is 49.2 Å². The van der Waals surface area contributed by atoms with Crippen molar-refractivity contribution in [2.75, 3.05) is 0 Å². The van der Waals surface area contributed by atoms with Gasteiger partial charge in [-0.3, -0.25) is 0 Å². The molecule has 1 N–H and O–H groups in total. The minimum Gasteiger partial charge on any atom is -0.404 e. The fourth-order valence-electron chi connectivity index (χ4n) is 1.84. The van der Waals surface area contributed by atoms with Crippen molar-refractivity contribution < 1.29 is 26.3 Å². The highest BCUT2D eigenvalue weighted by atomic mass is 79.9. The number of hydrogen-bond acceptors (Lipinski definition) is 3. The fraction of sp³-hybridized carbons (Fsp3) is 0.143. The third-order valence-corrected chi connectivity index (χ3v) is 5.42. The van der Waals surface area contributed by atoms with Crippen molar-refractivity contribution in [3.63, 3.8) is 0 Å². The number of nitrogens with one attached hydrogen (secondary N) is 1. The van der Waals surface area contributed by atoms with Gasteiger partial charge in [0.2, 0.25) is 10.0 Å². The first kappa shape index (κ1) is 20.3. The van der Waals surface area contributed by atoms with Gasteiger partial charge in [-0.25, -0.2) is 13.1 Å². The van der Waals surface area contributed by atoms with Gasteiger partial charge in [0.25, 0.3) is 0 Å². The van der Waals surface area contributed by atoms with Crippen LogP contribution in [0.25, 0.3) is 0 Å². The molecule has 4 nitrogen and oxygen atoms in total. The Morgan fingerprint density at radius 1 is 1.12 bits per heavy atom. The number of alkyl halides is 3. The molecule has 0 fully saturated rings. The molecule has 0 aliphatic rings. The molecule has 0 bridgehead atoms. The Kier molecular flexibility index (Phi) is 6.26. The van der Waals surface area contributed by atoms with Crippen LogP contribution in [0.3, 0.4) is 0 Å². The van der Waals surface area contributed by atoms with Crippen LogP contribution in [0, 0.1) is 0 Å². The molecule has 0 unspecified atom stereocenters. The van der Waals surface area contributed by atoms with Crippen molar-refractivity contribution in [2.45, 2.75) is 17.8 Å². The highest BCUT2D eigenvalue weighted by Gasteiger charge is 2.34. The molecular weight excluding hydrogens is 470 g/mol. The highest BCUT2D eigenvalue weighted by molar-refractivity contribution is 9.10. The van der Waals surface area contributed by atoms with Crippen molar-refractivity contribution in [1.29, 1.82) is 0 Å². The molecule has 0 heterocycles. The van der Waals surface area contributed by atoms with Crippen LogP contribution in [0.5, 0.6) is 5.75 Å². The lowest BCUT2D eigenvalue weighted by atomic mass is 10.2. The molecule has 25 heavy (non-hydrogen) atoms. The molecule has 0 aliphatic carbocycles. The first-order valence-electron chi connectivity index (χ1n) is 6.47. The van der Waals surface area contributed by atoms with E-state index in [0.717, 1.165) is 12.1 Å². The predicted molar refractivity (Wildman–Crippen MR) is 91.3 cm³/mol. The van der Waals surface area contributed by atoms with Gasteiger partial charge in [-0.1, -0.05) is 39.1 Å². The second kappa shape index (κ2) is 7.71. The predicted octanol–water partition coefficient (Wildman–Crippen LogP) is 5.13. The Morgan fingerprint density at radius 3 is 2.44 bits per heavy atom. The van der Waals surface area contributed by atoms with Gasteiger partial charge in [-0.05, 0) is 42.0 Å². The molecular formula is C14H9BrCl2F3NO3S. The molecule has 0 aliphatic heterocycles. The normalized spacial score (nSPS) is 12.2. The van der Waals surface area contributed by atoms with E-state index in [1.165, 1.54) is 24.3 Å². The maximum Gasteiger partial charge on any atom is 0.573 e. The summed E-state index contributed by atoms with van der Waals surface area (Å²) < 4.78 is 68.4. The van der Waals surface area contributed by atoms with Crippen LogP contribution >= 0.6 is 39.1 Å². The third-order valence-electron chi connectivity index (χ3n) is 2.88. The van der Waals surface area contributed by atoms with E-state index < -0.39 is 27.0 Å². The quantitative estimate of drug-likeness (QED) is 0.647. The van der Waals surface area contributed by atoms with Crippen molar-refractivity contribution in [2.24, 2.45) is 0 Å². The molecule has 0 saturated heterocycles. The van der Waals surface area contributed by atoms with E-state index in [0.29, 0.717) is 10.6 Å². The molecule has 2 aromatic carbocycles. The van der Waals surface area contributed by atoms with E-state index in [1.54, 1.807) is 0 Å². The van der Waals surface area contributed by atoms with Gasteiger partial charge in [-0.15, -0.1) is 13.2 Å². The molecule has 0 amide bonds. The standard InChI is InChI=1S/C14H9BrCl2F3NO3S/c15-9-1-4-13(12(6-9)24-14(18,19)20)25(22,23)21-7-8-5-10(16)2-3-11(8)17/h1-6,21H,7H2. The SMILES string of the molecule is O=S(=O)(NCc1cc(Cl)ccc1Cl)c1ccc(Br)cc1OC(F)(F)F. The Morgan fingerprint density at radius 2 is 1.80 bits per heavy atom. The number of sulfonamides is 1. The maximum atomic E-state index is 12.5. The Hall–Kier alpha value is -1.00. The van der Waals surface area contributed by atoms with Crippen LogP contribution < -0.4 is 9.46 Å². The molecule has 0 aromatic heterocycles. The Bertz CT molecular complexity index is 891. The van der Waals surface area contributed by atoms with Crippen LogP contribution in [0.4, 0.5) is 13.2 Å². The lowest BCUT2D eigenvalue weighted by molar-refractivity contribution is -0.275. The number of hydrogen-bond donors (Lipinski definition) is 1. The van der Waals surface area contributed by atoms with Crippen molar-refractivity contribution in [3.05, 3.63) is 56.5 Å². The third kappa shape index (κ3) is 5.75. The number of benzene rings is 2. The lowest BCUT2D eigenvalue weighted by Crippen LogP contribution is -2.25. The van der Waals surface area contributed by atoms with Gasteiger partial charge in [-0.2, -0.15) is 0 Å². The van der Waals surface area contributed by atoms with E-state index in [4.69, 9.17) is 23.2 Å². The summed E-state index contributed by atoms with van der Waals surface area (Å²) in [6, 6.07) is 7.63. The van der Waals surface area contributed by atoms with Gasteiger partial charge in [0.05, 0.1) is 0 Å². The topological polar surface area (TPSA) is 55.4 Å². The summed E-state index contributed by atoms with van der Waals surface area (Å²) in [5.74, 6) is -0.855. The van der Waals surface area contributed by atoms with E-state index in [1.807, 2.05) is 0 Å². The van der Waals surface area contributed by atoms with Crippen LogP contribution in [-0.4, -0.2) is 14.8 Å². The second-order valence-electron chi connectivity index (χ2n) is 4.70. The summed E-state index contributed by atoms with van der Waals surface area (Å²) in [6.45, 7) is -0.261. The maximum absolute atomic E-state index is 12.5. The monoisotopic (exact) mass is 477 g/mol. The van der Waals surface area contributed by atoms with E-state index >= 15 is 0 Å². The Balaban J connectivity index is 2.31. The lowest BCUT2D eigenvalue weighted by Gasteiger charge is -2.15. The number of halogens is 6. The van der Waals surface area contributed by atoms with E-state index in [-0.39, 0.29) is 16.0 Å². The van der Waals surface area contributed by atoms with Gasteiger partial charge >= 0.3 is 6.36 Å². The summed E-state index contributed by atoms with van der Waals surface area (Å²) in [6.07, 6.45) is -5.04. The molecule has 2 aromatic rings. The van der Waals surface area contributed by atoms with Crippen LogP contribution in [0.15, 0.2) is 45.8 Å². The molecule has 0 saturated carbocycles. The minimum atomic E-state index is -5.04. The van der Waals surface area contributed by atoms with E-state index in [9.17, 15) is 21.6 Å². The molecule has 0 spiro atoms. The first-order valence-corrected chi connectivity index (χ1v) is 9.50. The zero-order valence-electron chi connectivity index (χ0n) is 12.1. The summed E-state index contributed by atoms with van der Waals surface area (Å²) >= 11 is 14.7. The number of rotatable bonds is 5. The average molecular weight is 479 g/mol. The van der Waals surface area contributed by atoms with Crippen molar-refractivity contribution in [1.82, 2.24) is 4.72 Å². The van der Waals surface area contributed by atoms with E-state index in [2.05, 4.69) is 25.4 Å². The smallest absolute Gasteiger partial charge is 0.404 e. The summed E-state index contributed by atoms with van der Waals surface area (Å²) in [5, 5.41) is 0.595. The zero-order valence-corrected chi connectivity index (χ0v) is 16.0. The average Bonchev–Trinajstić information content (AvgIpc) is 2.46. The van der Waals surface area contributed by atoms with Crippen LogP contribution in [0.2, 0.25) is 10.0 Å². The Labute approximate surface area is 160 Å². The van der Waals surface area contributed by atoms with Gasteiger partial charge in [0, 0.05) is 21.1 Å². The van der Waals surface area contributed by atoms with Crippen LogP contribution in [-0.2, 0) is 16.6 Å². The summed E-state index contributed by atoms with van der Waals surface area (Å²) in [5.41, 5.74) is 0.369. The zero-order chi connectivity index (χ0) is 18.8. The second-order valence-corrected chi connectivity index (χ2v) is 8.19.